The van der Waals surface area contributed by atoms with Crippen molar-refractivity contribution < 1.29 is 18.7 Å². The first kappa shape index (κ1) is 16.0. The summed E-state index contributed by atoms with van der Waals surface area (Å²) in [5.74, 6) is -0.400. The third-order valence-corrected chi connectivity index (χ3v) is 3.49. The fourth-order valence-corrected chi connectivity index (χ4v) is 2.17. The lowest BCUT2D eigenvalue weighted by Crippen LogP contribution is -2.13. The van der Waals surface area contributed by atoms with E-state index >= 15 is 0 Å². The monoisotopic (exact) mass is 344 g/mol. The normalized spacial score (nSPS) is 10.5. The van der Waals surface area contributed by atoms with Crippen molar-refractivity contribution in [2.45, 2.75) is 6.54 Å². The number of carbonyl (C=O) groups is 2. The van der Waals surface area contributed by atoms with Gasteiger partial charge >= 0.3 is 5.97 Å². The summed E-state index contributed by atoms with van der Waals surface area (Å²) in [6.45, 7) is 0.0413. The molecule has 2 aromatic heterocycles. The Hall–Kier alpha value is -2.86. The van der Waals surface area contributed by atoms with E-state index in [0.29, 0.717) is 22.9 Å². The van der Waals surface area contributed by atoms with E-state index in [4.69, 9.17) is 20.8 Å². The highest BCUT2D eigenvalue weighted by Crippen LogP contribution is 2.12. The summed E-state index contributed by atoms with van der Waals surface area (Å²) in [6.07, 6.45) is 3.44. The predicted molar refractivity (Wildman–Crippen MR) is 86.1 cm³/mol. The Morgan fingerprint density at radius 3 is 2.67 bits per heavy atom. The number of Topliss-reactive ketones (excluding diaryl/α,β-unsaturated/α-hetero) is 1. The number of rotatable bonds is 6. The fourth-order valence-electron chi connectivity index (χ4n) is 2.05. The quantitative estimate of drug-likeness (QED) is 0.507. The third kappa shape index (κ3) is 3.91. The van der Waals surface area contributed by atoms with Crippen molar-refractivity contribution in [3.8, 4) is 0 Å². The van der Waals surface area contributed by atoms with Crippen LogP contribution in [0.2, 0.25) is 5.02 Å². The van der Waals surface area contributed by atoms with Gasteiger partial charge in [-0.2, -0.15) is 5.10 Å². The molecule has 7 heteroatoms. The topological polar surface area (TPSA) is 74.3 Å². The van der Waals surface area contributed by atoms with E-state index in [9.17, 15) is 9.59 Å². The maximum absolute atomic E-state index is 11.9. The van der Waals surface area contributed by atoms with E-state index in [-0.39, 0.29) is 18.2 Å². The number of ether oxygens (including phenoxy) is 1. The van der Waals surface area contributed by atoms with Gasteiger partial charge in [-0.1, -0.05) is 11.6 Å². The number of ketones is 1. The second-order valence-electron chi connectivity index (χ2n) is 4.98. The standard InChI is InChI=1S/C17H13ClN2O4/c18-13-4-2-12(3-5-13)15(21)11-23-17(22)16-7-6-14(24-16)10-20-9-1-8-19-20/h1-9H,10-11H2. The molecular formula is C17H13ClN2O4. The maximum Gasteiger partial charge on any atom is 0.374 e. The summed E-state index contributed by atoms with van der Waals surface area (Å²) in [7, 11) is 0. The molecule has 24 heavy (non-hydrogen) atoms. The van der Waals surface area contributed by atoms with Gasteiger partial charge in [-0.05, 0) is 42.5 Å². The number of carbonyl (C=O) groups excluding carboxylic acids is 2. The SMILES string of the molecule is O=C(COC(=O)c1ccc(Cn2cccn2)o1)c1ccc(Cl)cc1. The van der Waals surface area contributed by atoms with Crippen molar-refractivity contribution >= 4 is 23.4 Å². The van der Waals surface area contributed by atoms with Gasteiger partial charge in [0.05, 0.1) is 6.54 Å². The molecule has 0 atom stereocenters. The molecule has 0 amide bonds. The van der Waals surface area contributed by atoms with Crippen molar-refractivity contribution in [3.63, 3.8) is 0 Å². The average Bonchev–Trinajstić information content (AvgIpc) is 3.25. The molecule has 0 fully saturated rings. The average molecular weight is 345 g/mol. The van der Waals surface area contributed by atoms with Crippen molar-refractivity contribution in [3.05, 3.63) is 77.0 Å². The van der Waals surface area contributed by atoms with Crippen LogP contribution in [0.3, 0.4) is 0 Å². The zero-order valence-corrected chi connectivity index (χ0v) is 13.3. The first-order valence-electron chi connectivity index (χ1n) is 7.14. The van der Waals surface area contributed by atoms with E-state index in [1.165, 1.54) is 6.07 Å². The van der Waals surface area contributed by atoms with Crippen molar-refractivity contribution in [1.29, 1.82) is 0 Å². The minimum atomic E-state index is -0.691. The molecule has 3 rings (SSSR count). The molecule has 0 spiro atoms. The van der Waals surface area contributed by atoms with E-state index in [0.717, 1.165) is 0 Å². The highest BCUT2D eigenvalue weighted by Gasteiger charge is 2.15. The third-order valence-electron chi connectivity index (χ3n) is 3.24. The molecule has 0 unspecified atom stereocenters. The van der Waals surface area contributed by atoms with Crippen LogP contribution in [0.1, 0.15) is 26.7 Å². The summed E-state index contributed by atoms with van der Waals surface area (Å²) >= 11 is 5.76. The van der Waals surface area contributed by atoms with Gasteiger partial charge in [-0.3, -0.25) is 9.48 Å². The van der Waals surface area contributed by atoms with E-state index in [2.05, 4.69) is 5.10 Å². The smallest absolute Gasteiger partial charge is 0.374 e. The number of hydrogen-bond acceptors (Lipinski definition) is 5. The van der Waals surface area contributed by atoms with E-state index < -0.39 is 5.97 Å². The largest absolute Gasteiger partial charge is 0.452 e. The Balaban J connectivity index is 1.56. The molecule has 0 saturated heterocycles. The maximum atomic E-state index is 11.9. The second kappa shape index (κ2) is 7.14. The van der Waals surface area contributed by atoms with Crippen LogP contribution in [0.15, 0.2) is 59.3 Å². The molecule has 3 aromatic rings. The predicted octanol–water partition coefficient (Wildman–Crippen LogP) is 3.22. The lowest BCUT2D eigenvalue weighted by Gasteiger charge is -2.03. The van der Waals surface area contributed by atoms with Crippen LogP contribution in [0, 0.1) is 0 Å². The number of furan rings is 1. The fraction of sp³-hybridized carbons (Fsp3) is 0.118. The molecule has 1 aromatic carbocycles. The van der Waals surface area contributed by atoms with Crippen LogP contribution < -0.4 is 0 Å². The molecule has 0 aliphatic carbocycles. The molecule has 0 aliphatic heterocycles. The molecule has 0 bridgehead atoms. The lowest BCUT2D eigenvalue weighted by molar-refractivity contribution is 0.0442. The van der Waals surface area contributed by atoms with Gasteiger partial charge < -0.3 is 9.15 Å². The first-order valence-corrected chi connectivity index (χ1v) is 7.51. The van der Waals surface area contributed by atoms with Gasteiger partial charge in [0.15, 0.2) is 12.4 Å². The molecular weight excluding hydrogens is 332 g/mol. The Morgan fingerprint density at radius 2 is 1.96 bits per heavy atom. The van der Waals surface area contributed by atoms with Gasteiger partial charge in [0.2, 0.25) is 5.76 Å². The number of esters is 1. The molecule has 0 N–H and O–H groups in total. The number of nitrogens with zero attached hydrogens (tertiary/aromatic N) is 2. The molecule has 0 saturated carbocycles. The summed E-state index contributed by atoms with van der Waals surface area (Å²) in [5.41, 5.74) is 0.422. The number of aromatic nitrogens is 2. The molecule has 122 valence electrons. The molecule has 0 radical (unpaired) electrons. The Bertz CT molecular complexity index is 838. The van der Waals surface area contributed by atoms with Crippen LogP contribution in [-0.2, 0) is 11.3 Å². The number of hydrogen-bond donors (Lipinski definition) is 0. The minimum Gasteiger partial charge on any atom is -0.452 e. The van der Waals surface area contributed by atoms with E-state index in [1.54, 1.807) is 53.5 Å². The first-order chi connectivity index (χ1) is 11.6. The number of halogens is 1. The van der Waals surface area contributed by atoms with Gasteiger partial charge in [0.25, 0.3) is 0 Å². The summed E-state index contributed by atoms with van der Waals surface area (Å²) in [5, 5.41) is 4.58. The zero-order valence-electron chi connectivity index (χ0n) is 12.5. The Kier molecular flexibility index (Phi) is 4.77. The van der Waals surface area contributed by atoms with Crippen LogP contribution in [0.25, 0.3) is 0 Å². The van der Waals surface area contributed by atoms with Gasteiger partial charge in [0.1, 0.15) is 5.76 Å². The van der Waals surface area contributed by atoms with Crippen molar-refractivity contribution in [2.24, 2.45) is 0 Å². The second-order valence-corrected chi connectivity index (χ2v) is 5.41. The summed E-state index contributed by atoms with van der Waals surface area (Å²) < 4.78 is 12.1. The highest BCUT2D eigenvalue weighted by atomic mass is 35.5. The Labute approximate surface area is 142 Å². The molecule has 2 heterocycles. The van der Waals surface area contributed by atoms with Crippen LogP contribution in [0.5, 0.6) is 0 Å². The van der Waals surface area contributed by atoms with Gasteiger partial charge in [-0.25, -0.2) is 4.79 Å². The summed E-state index contributed by atoms with van der Waals surface area (Å²) in [6, 6.07) is 11.3. The lowest BCUT2D eigenvalue weighted by atomic mass is 10.1. The summed E-state index contributed by atoms with van der Waals surface area (Å²) in [4.78, 5) is 23.9. The highest BCUT2D eigenvalue weighted by molar-refractivity contribution is 6.30. The minimum absolute atomic E-state index is 0.0427. The van der Waals surface area contributed by atoms with Crippen molar-refractivity contribution in [2.75, 3.05) is 6.61 Å². The van der Waals surface area contributed by atoms with Crippen LogP contribution >= 0.6 is 11.6 Å². The van der Waals surface area contributed by atoms with E-state index in [1.807, 2.05) is 0 Å². The molecule has 6 nitrogen and oxygen atoms in total. The van der Waals surface area contributed by atoms with Crippen LogP contribution in [0.4, 0.5) is 0 Å². The zero-order chi connectivity index (χ0) is 16.9. The van der Waals surface area contributed by atoms with Crippen LogP contribution in [-0.4, -0.2) is 28.1 Å². The van der Waals surface area contributed by atoms with Gasteiger partial charge in [-0.15, -0.1) is 0 Å². The Morgan fingerprint density at radius 1 is 1.17 bits per heavy atom. The van der Waals surface area contributed by atoms with Gasteiger partial charge in [0, 0.05) is 23.0 Å². The van der Waals surface area contributed by atoms with Crippen molar-refractivity contribution in [1.82, 2.24) is 9.78 Å². The number of benzene rings is 1. The molecule has 0 aliphatic rings.